The number of hydrogen-bond donors (Lipinski definition) is 1. The molecule has 198 valence electrons. The number of fused-ring (bicyclic) bond motifs is 1. The molecule has 0 amide bonds. The number of thioether (sulfide) groups is 1. The Hall–Kier alpha value is -2.06. The largest absolute Gasteiger partial charge is 0.497 e. The van der Waals surface area contributed by atoms with Gasteiger partial charge in [0.2, 0.25) is 0 Å². The molecule has 0 bridgehead atoms. The van der Waals surface area contributed by atoms with Gasteiger partial charge in [0.25, 0.3) is 0 Å². The number of nitrogens with zero attached hydrogens (tertiary/aromatic N) is 2. The maximum absolute atomic E-state index is 15.5. The highest BCUT2D eigenvalue weighted by Gasteiger charge is 2.31. The zero-order valence-corrected chi connectivity index (χ0v) is 23.0. The van der Waals surface area contributed by atoms with Gasteiger partial charge < -0.3 is 14.7 Å². The minimum atomic E-state index is -1.15. The average molecular weight is 566 g/mol. The van der Waals surface area contributed by atoms with Gasteiger partial charge in [-0.3, -0.25) is 9.78 Å². The van der Waals surface area contributed by atoms with Crippen molar-refractivity contribution >= 4 is 51.8 Å². The third-order valence-corrected chi connectivity index (χ3v) is 9.07. The molecule has 1 fully saturated rings. The molecule has 1 N–H and O–H groups in total. The molecule has 4 rings (SSSR count). The summed E-state index contributed by atoms with van der Waals surface area (Å²) in [6.07, 6.45) is 2.42. The molecule has 3 atom stereocenters. The van der Waals surface area contributed by atoms with E-state index in [1.165, 1.54) is 0 Å². The highest BCUT2D eigenvalue weighted by molar-refractivity contribution is 7.99. The number of hydrogen-bond acceptors (Lipinski definition) is 5. The van der Waals surface area contributed by atoms with Crippen molar-refractivity contribution in [3.63, 3.8) is 0 Å². The van der Waals surface area contributed by atoms with Gasteiger partial charge in [-0.15, -0.1) is 11.8 Å². The highest BCUT2D eigenvalue weighted by atomic mass is 35.5. The molecule has 1 aliphatic rings. The summed E-state index contributed by atoms with van der Waals surface area (Å²) >= 11 is 14.2. The highest BCUT2D eigenvalue weighted by Crippen LogP contribution is 2.37. The van der Waals surface area contributed by atoms with Crippen molar-refractivity contribution in [2.75, 3.05) is 32.5 Å². The van der Waals surface area contributed by atoms with E-state index in [1.807, 2.05) is 36.4 Å². The Balaban J connectivity index is 1.35. The van der Waals surface area contributed by atoms with Crippen LogP contribution >= 0.6 is 35.0 Å². The molecule has 1 aliphatic heterocycles. The average Bonchev–Trinajstić information content (AvgIpc) is 2.88. The number of carboxylic acids is 1. The van der Waals surface area contributed by atoms with Crippen molar-refractivity contribution in [2.45, 2.75) is 36.8 Å². The van der Waals surface area contributed by atoms with Crippen LogP contribution in [0, 0.1) is 11.8 Å². The van der Waals surface area contributed by atoms with Gasteiger partial charge in [-0.05, 0) is 79.6 Å². The Bertz CT molecular complexity index is 1210. The number of rotatable bonds is 11. The second-order valence-corrected chi connectivity index (χ2v) is 11.4. The van der Waals surface area contributed by atoms with Crippen molar-refractivity contribution in [2.24, 2.45) is 11.8 Å². The Morgan fingerprint density at radius 3 is 2.76 bits per heavy atom. The summed E-state index contributed by atoms with van der Waals surface area (Å²) in [7, 11) is 1.59. The summed E-state index contributed by atoms with van der Waals surface area (Å²) in [6.45, 7) is 2.37. The zero-order chi connectivity index (χ0) is 26.4. The van der Waals surface area contributed by atoms with Gasteiger partial charge in [-0.1, -0.05) is 29.3 Å². The summed E-state index contributed by atoms with van der Waals surface area (Å²) in [5.41, 5.74) is 1.33. The van der Waals surface area contributed by atoms with Crippen LogP contribution in [0.15, 0.2) is 53.6 Å². The summed E-state index contributed by atoms with van der Waals surface area (Å²) in [5.74, 6) is 0.815. The molecule has 2 heterocycles. The van der Waals surface area contributed by atoms with E-state index in [2.05, 4.69) is 9.88 Å². The first-order valence-electron chi connectivity index (χ1n) is 12.4. The van der Waals surface area contributed by atoms with Crippen molar-refractivity contribution in [1.82, 2.24) is 9.88 Å². The predicted molar refractivity (Wildman–Crippen MR) is 149 cm³/mol. The van der Waals surface area contributed by atoms with E-state index >= 15 is 4.39 Å². The number of ether oxygens (including phenoxy) is 1. The number of benzene rings is 2. The number of halogens is 3. The summed E-state index contributed by atoms with van der Waals surface area (Å²) in [5, 5.41) is 11.6. The van der Waals surface area contributed by atoms with Crippen molar-refractivity contribution in [3.05, 3.63) is 64.3 Å². The van der Waals surface area contributed by atoms with Crippen LogP contribution in [0.25, 0.3) is 10.9 Å². The fraction of sp³-hybridized carbons (Fsp3) is 0.429. The summed E-state index contributed by atoms with van der Waals surface area (Å²) < 4.78 is 20.8. The van der Waals surface area contributed by atoms with Crippen LogP contribution in [0.1, 0.15) is 37.4 Å². The van der Waals surface area contributed by atoms with Crippen molar-refractivity contribution in [3.8, 4) is 5.75 Å². The number of carbonyl (C=O) groups is 1. The quantitative estimate of drug-likeness (QED) is 0.242. The molecule has 37 heavy (non-hydrogen) atoms. The zero-order valence-electron chi connectivity index (χ0n) is 20.7. The molecule has 0 saturated carbocycles. The second kappa shape index (κ2) is 13.1. The van der Waals surface area contributed by atoms with Crippen LogP contribution in [0.2, 0.25) is 10.0 Å². The fourth-order valence-corrected chi connectivity index (χ4v) is 6.84. The van der Waals surface area contributed by atoms with Crippen LogP contribution in [-0.2, 0) is 4.79 Å². The number of aliphatic carboxylic acids is 1. The summed E-state index contributed by atoms with van der Waals surface area (Å²) in [4.78, 5) is 19.1. The lowest BCUT2D eigenvalue weighted by Gasteiger charge is -2.38. The van der Waals surface area contributed by atoms with E-state index < -0.39 is 12.1 Å². The summed E-state index contributed by atoms with van der Waals surface area (Å²) in [6, 6.07) is 12.7. The number of aromatic nitrogens is 1. The second-order valence-electron chi connectivity index (χ2n) is 9.43. The Kier molecular flexibility index (Phi) is 9.93. The van der Waals surface area contributed by atoms with Gasteiger partial charge in [0.15, 0.2) is 0 Å². The normalized spacial score (nSPS) is 19.1. The van der Waals surface area contributed by atoms with Crippen molar-refractivity contribution in [1.29, 1.82) is 0 Å². The van der Waals surface area contributed by atoms with E-state index in [0.29, 0.717) is 40.7 Å². The smallest absolute Gasteiger partial charge is 0.303 e. The Labute approximate surface area is 231 Å². The van der Waals surface area contributed by atoms with Gasteiger partial charge in [0.1, 0.15) is 11.9 Å². The molecular formula is C28H31Cl2FN2O3S. The van der Waals surface area contributed by atoms with Gasteiger partial charge in [0, 0.05) is 41.7 Å². The fourth-order valence-electron chi connectivity index (χ4n) is 5.15. The number of likely N-dealkylation sites (tertiary alicyclic amines) is 1. The molecule has 3 aromatic rings. The van der Waals surface area contributed by atoms with Gasteiger partial charge in [-0.25, -0.2) is 4.39 Å². The number of methoxy groups -OCH3 is 1. The monoisotopic (exact) mass is 564 g/mol. The minimum absolute atomic E-state index is 0.0124. The van der Waals surface area contributed by atoms with E-state index in [1.54, 1.807) is 31.1 Å². The number of piperidine rings is 1. The number of pyridine rings is 1. The lowest BCUT2D eigenvalue weighted by Crippen LogP contribution is -2.42. The molecule has 9 heteroatoms. The molecule has 0 spiro atoms. The third-order valence-electron chi connectivity index (χ3n) is 7.10. The van der Waals surface area contributed by atoms with Gasteiger partial charge in [-0.2, -0.15) is 0 Å². The lowest BCUT2D eigenvalue weighted by atomic mass is 9.79. The van der Waals surface area contributed by atoms with E-state index in [-0.39, 0.29) is 18.3 Å². The van der Waals surface area contributed by atoms with E-state index in [4.69, 9.17) is 27.9 Å². The third kappa shape index (κ3) is 7.29. The molecular weight excluding hydrogens is 534 g/mol. The minimum Gasteiger partial charge on any atom is -0.497 e. The molecule has 2 aromatic carbocycles. The first-order valence-corrected chi connectivity index (χ1v) is 14.2. The topological polar surface area (TPSA) is 62.7 Å². The SMILES string of the molecule is COc1ccc2nccc(C(F)CC[C@@H]3CCN(CCSc4c(Cl)cccc4Cl)C[C@@H]3CC(=O)O)c2c1. The first kappa shape index (κ1) is 28.0. The molecule has 1 saturated heterocycles. The van der Waals surface area contributed by atoms with Crippen LogP contribution in [0.5, 0.6) is 5.75 Å². The molecule has 1 aromatic heterocycles. The molecule has 1 unspecified atom stereocenters. The Morgan fingerprint density at radius 2 is 2.03 bits per heavy atom. The van der Waals surface area contributed by atoms with Crippen LogP contribution in [0.3, 0.4) is 0 Å². The predicted octanol–water partition coefficient (Wildman–Crippen LogP) is 7.55. The Morgan fingerprint density at radius 1 is 1.24 bits per heavy atom. The number of alkyl halides is 1. The van der Waals surface area contributed by atoms with Crippen molar-refractivity contribution < 1.29 is 19.0 Å². The van der Waals surface area contributed by atoms with E-state index in [0.717, 1.165) is 41.1 Å². The number of carboxylic acid groups (broad SMARTS) is 1. The maximum atomic E-state index is 15.5. The van der Waals surface area contributed by atoms with Crippen LogP contribution < -0.4 is 4.74 Å². The van der Waals surface area contributed by atoms with Gasteiger partial charge in [0.05, 0.1) is 22.7 Å². The van der Waals surface area contributed by atoms with Crippen LogP contribution in [0.4, 0.5) is 4.39 Å². The first-order chi connectivity index (χ1) is 17.9. The molecule has 5 nitrogen and oxygen atoms in total. The van der Waals surface area contributed by atoms with Gasteiger partial charge >= 0.3 is 5.97 Å². The molecule has 0 radical (unpaired) electrons. The standard InChI is InChI=1S/C28H31Cl2FN2O3S/c1-36-20-6-8-26-22(16-20)21(9-11-32-26)25(31)7-5-18-10-12-33(17-19(18)15-27(34)35)13-14-37-28-23(29)3-2-4-24(28)30/h2-4,6,8-9,11,16,18-19,25H,5,7,10,12-15,17H2,1H3,(H,34,35)/t18-,19+,25?/m1/s1. The lowest BCUT2D eigenvalue weighted by molar-refractivity contribution is -0.139. The maximum Gasteiger partial charge on any atom is 0.303 e. The van der Waals surface area contributed by atoms with Crippen LogP contribution in [-0.4, -0.2) is 53.5 Å². The molecule has 0 aliphatic carbocycles. The van der Waals surface area contributed by atoms with E-state index in [9.17, 15) is 9.90 Å².